The van der Waals surface area contributed by atoms with Gasteiger partial charge < -0.3 is 9.72 Å². The van der Waals surface area contributed by atoms with Crippen molar-refractivity contribution >= 4 is 23.6 Å². The van der Waals surface area contributed by atoms with Gasteiger partial charge in [-0.2, -0.15) is 0 Å². The zero-order valence-corrected chi connectivity index (χ0v) is 15.1. The summed E-state index contributed by atoms with van der Waals surface area (Å²) in [4.78, 5) is 39.8. The van der Waals surface area contributed by atoms with Crippen LogP contribution in [0.25, 0.3) is 5.65 Å². The van der Waals surface area contributed by atoms with Crippen molar-refractivity contribution in [1.29, 1.82) is 0 Å². The summed E-state index contributed by atoms with van der Waals surface area (Å²) in [6, 6.07) is 10.7. The lowest BCUT2D eigenvalue weighted by atomic mass is 10.0. The summed E-state index contributed by atoms with van der Waals surface area (Å²) in [5, 5.41) is 2.75. The van der Waals surface area contributed by atoms with Gasteiger partial charge in [0, 0.05) is 29.1 Å². The highest BCUT2D eigenvalue weighted by molar-refractivity contribution is 6.10. The van der Waals surface area contributed by atoms with Crippen LogP contribution in [0.1, 0.15) is 38.9 Å². The van der Waals surface area contributed by atoms with Gasteiger partial charge in [0.1, 0.15) is 5.65 Å². The minimum absolute atomic E-state index is 0.199. The van der Waals surface area contributed by atoms with Crippen LogP contribution in [0.3, 0.4) is 0 Å². The number of nitrogens with one attached hydrogen (secondary N) is 1. The Kier molecular flexibility index (Phi) is 5.26. The molecule has 0 saturated heterocycles. The highest BCUT2D eigenvalue weighted by Crippen LogP contribution is 2.10. The predicted molar refractivity (Wildman–Crippen MR) is 102 cm³/mol. The van der Waals surface area contributed by atoms with Crippen molar-refractivity contribution in [3.63, 3.8) is 0 Å². The number of carbonyl (C=O) groups excluding carboxylic acids is 3. The van der Waals surface area contributed by atoms with E-state index >= 15 is 0 Å². The van der Waals surface area contributed by atoms with Crippen molar-refractivity contribution in [3.8, 4) is 0 Å². The number of carbonyl (C=O) groups is 3. The van der Waals surface area contributed by atoms with Crippen LogP contribution < -0.4 is 5.32 Å². The molecule has 1 aromatic carbocycles. The second kappa shape index (κ2) is 7.78. The molecule has 2 heterocycles. The van der Waals surface area contributed by atoms with Gasteiger partial charge in [-0.1, -0.05) is 24.3 Å². The first-order valence-electron chi connectivity index (χ1n) is 8.47. The number of aldehydes is 1. The minimum Gasteiger partial charge on any atom is -0.347 e. The van der Waals surface area contributed by atoms with E-state index in [-0.39, 0.29) is 18.2 Å². The number of rotatable bonds is 6. The summed E-state index contributed by atoms with van der Waals surface area (Å²) >= 11 is 0. The van der Waals surface area contributed by atoms with Crippen LogP contribution >= 0.6 is 0 Å². The van der Waals surface area contributed by atoms with Crippen LogP contribution in [0.15, 0.2) is 60.4 Å². The molecule has 1 amide bonds. The number of aromatic nitrogens is 2. The molecule has 136 valence electrons. The highest BCUT2D eigenvalue weighted by atomic mass is 16.2. The molecule has 0 spiro atoms. The monoisotopic (exact) mass is 361 g/mol. The Hall–Kier alpha value is -3.54. The average molecular weight is 361 g/mol. The number of amides is 1. The third-order valence-electron chi connectivity index (χ3n) is 4.21. The molecule has 3 rings (SSSR count). The van der Waals surface area contributed by atoms with Gasteiger partial charge in [-0.25, -0.2) is 4.98 Å². The molecule has 2 aromatic heterocycles. The molecule has 0 aliphatic carbocycles. The fourth-order valence-corrected chi connectivity index (χ4v) is 2.72. The van der Waals surface area contributed by atoms with E-state index in [1.54, 1.807) is 48.0 Å². The van der Waals surface area contributed by atoms with Gasteiger partial charge in [-0.15, -0.1) is 0 Å². The van der Waals surface area contributed by atoms with Gasteiger partial charge in [-0.05, 0) is 37.6 Å². The summed E-state index contributed by atoms with van der Waals surface area (Å²) in [5.41, 5.74) is 3.66. The maximum Gasteiger partial charge on any atom is 0.247 e. The van der Waals surface area contributed by atoms with E-state index in [0.717, 1.165) is 11.8 Å². The van der Waals surface area contributed by atoms with E-state index in [9.17, 15) is 14.4 Å². The Morgan fingerprint density at radius 3 is 2.67 bits per heavy atom. The Bertz CT molecular complexity index is 1060. The number of allylic oxidation sites excluding steroid dienone is 1. The summed E-state index contributed by atoms with van der Waals surface area (Å²) in [5.74, 6) is -0.530. The average Bonchev–Trinajstić information content (AvgIpc) is 3.08. The normalized spacial score (nSPS) is 11.4. The molecule has 3 aromatic rings. The summed E-state index contributed by atoms with van der Waals surface area (Å²) in [6.07, 6.45) is 5.53. The molecule has 0 fully saturated rings. The number of hydrogen-bond acceptors (Lipinski definition) is 4. The van der Waals surface area contributed by atoms with E-state index in [1.165, 1.54) is 6.08 Å². The lowest BCUT2D eigenvalue weighted by molar-refractivity contribution is -0.117. The lowest BCUT2D eigenvalue weighted by Gasteiger charge is -2.04. The summed E-state index contributed by atoms with van der Waals surface area (Å²) < 4.78 is 1.73. The predicted octanol–water partition coefficient (Wildman–Crippen LogP) is 2.90. The summed E-state index contributed by atoms with van der Waals surface area (Å²) in [6.45, 7) is 3.68. The van der Waals surface area contributed by atoms with Crippen molar-refractivity contribution in [1.82, 2.24) is 14.7 Å². The highest BCUT2D eigenvalue weighted by Gasteiger charge is 2.11. The number of pyridine rings is 1. The van der Waals surface area contributed by atoms with Gasteiger partial charge in [0.05, 0.1) is 12.2 Å². The van der Waals surface area contributed by atoms with Gasteiger partial charge in [0.15, 0.2) is 12.1 Å². The first kappa shape index (κ1) is 18.3. The van der Waals surface area contributed by atoms with E-state index in [1.807, 2.05) is 19.1 Å². The molecule has 0 radical (unpaired) electrons. The third-order valence-corrected chi connectivity index (χ3v) is 4.21. The molecule has 27 heavy (non-hydrogen) atoms. The topological polar surface area (TPSA) is 80.5 Å². The summed E-state index contributed by atoms with van der Waals surface area (Å²) in [7, 11) is 0. The number of fused-ring (bicyclic) bond motifs is 1. The third kappa shape index (κ3) is 4.17. The first-order valence-corrected chi connectivity index (χ1v) is 8.47. The lowest BCUT2D eigenvalue weighted by Crippen LogP contribution is -2.24. The van der Waals surface area contributed by atoms with Gasteiger partial charge in [0.25, 0.3) is 0 Å². The van der Waals surface area contributed by atoms with E-state index in [0.29, 0.717) is 28.0 Å². The maximum absolute atomic E-state index is 12.3. The van der Waals surface area contributed by atoms with Crippen molar-refractivity contribution in [2.24, 2.45) is 0 Å². The number of nitrogens with zero attached hydrogens (tertiary/aromatic N) is 2. The molecule has 0 aliphatic rings. The molecule has 6 nitrogen and oxygen atoms in total. The van der Waals surface area contributed by atoms with E-state index in [4.69, 9.17) is 0 Å². The number of aryl methyl sites for hydroxylation is 1. The van der Waals surface area contributed by atoms with Crippen LogP contribution in [-0.4, -0.2) is 27.4 Å². The van der Waals surface area contributed by atoms with Crippen LogP contribution in [0, 0.1) is 6.92 Å². The SMILES string of the molecule is C/C(=C\C(=O)c1ccccc1C)C(=O)NCc1cn2cc(C=O)ccc2n1. The van der Waals surface area contributed by atoms with Crippen molar-refractivity contribution in [2.75, 3.05) is 0 Å². The Labute approximate surface area is 156 Å². The number of imidazole rings is 1. The molecule has 6 heteroatoms. The second-order valence-corrected chi connectivity index (χ2v) is 6.27. The van der Waals surface area contributed by atoms with Crippen molar-refractivity contribution < 1.29 is 14.4 Å². The van der Waals surface area contributed by atoms with Gasteiger partial charge >= 0.3 is 0 Å². The molecular formula is C21H19N3O3. The fraction of sp³-hybridized carbons (Fsp3) is 0.143. The van der Waals surface area contributed by atoms with Crippen molar-refractivity contribution in [3.05, 3.63) is 82.8 Å². The van der Waals surface area contributed by atoms with E-state index in [2.05, 4.69) is 10.3 Å². The fourth-order valence-electron chi connectivity index (χ4n) is 2.72. The standard InChI is InChI=1S/C21H19N3O3/c1-14-5-3-4-6-18(14)19(26)9-15(2)21(27)22-10-17-12-24-11-16(13-25)7-8-20(24)23-17/h3-9,11-13H,10H2,1-2H3,(H,22,27)/b15-9+. The Balaban J connectivity index is 1.67. The number of hydrogen-bond donors (Lipinski definition) is 1. The van der Waals surface area contributed by atoms with Crippen LogP contribution in [0.4, 0.5) is 0 Å². The van der Waals surface area contributed by atoms with Gasteiger partial charge in [-0.3, -0.25) is 14.4 Å². The van der Waals surface area contributed by atoms with Gasteiger partial charge in [0.2, 0.25) is 5.91 Å². The first-order chi connectivity index (χ1) is 13.0. The molecule has 0 unspecified atom stereocenters. The smallest absolute Gasteiger partial charge is 0.247 e. The Morgan fingerprint density at radius 1 is 1.15 bits per heavy atom. The number of ketones is 1. The molecule has 0 saturated carbocycles. The maximum atomic E-state index is 12.3. The second-order valence-electron chi connectivity index (χ2n) is 6.27. The Morgan fingerprint density at radius 2 is 1.93 bits per heavy atom. The van der Waals surface area contributed by atoms with Crippen molar-refractivity contribution in [2.45, 2.75) is 20.4 Å². The van der Waals surface area contributed by atoms with Crippen LogP contribution in [-0.2, 0) is 11.3 Å². The molecule has 0 bridgehead atoms. The van der Waals surface area contributed by atoms with Crippen LogP contribution in [0.2, 0.25) is 0 Å². The number of benzene rings is 1. The zero-order valence-electron chi connectivity index (χ0n) is 15.1. The minimum atomic E-state index is -0.331. The molecule has 0 atom stereocenters. The van der Waals surface area contributed by atoms with Crippen LogP contribution in [0.5, 0.6) is 0 Å². The molecule has 0 aliphatic heterocycles. The zero-order chi connectivity index (χ0) is 19.4. The molecule has 1 N–H and O–H groups in total. The van der Waals surface area contributed by atoms with E-state index < -0.39 is 0 Å². The molecular weight excluding hydrogens is 342 g/mol. The quantitative estimate of drug-likeness (QED) is 0.416. The largest absolute Gasteiger partial charge is 0.347 e.